The predicted molar refractivity (Wildman–Crippen MR) is 139 cm³/mol. The molecular formula is C25H21Cl3N2O3S. The lowest BCUT2D eigenvalue weighted by Gasteiger charge is -2.26. The van der Waals surface area contributed by atoms with Crippen molar-refractivity contribution in [3.8, 4) is 22.4 Å². The summed E-state index contributed by atoms with van der Waals surface area (Å²) >= 11 is 12.8. The van der Waals surface area contributed by atoms with E-state index in [9.17, 15) is 8.42 Å². The van der Waals surface area contributed by atoms with Crippen LogP contribution in [0.2, 0.25) is 10.0 Å². The smallest absolute Gasteiger partial charge is 0.243 e. The minimum atomic E-state index is -3.56. The fourth-order valence-corrected chi connectivity index (χ4v) is 5.80. The van der Waals surface area contributed by atoms with E-state index in [-0.39, 0.29) is 17.3 Å². The molecule has 1 aromatic heterocycles. The Labute approximate surface area is 214 Å². The standard InChI is InChI=1S/C25H20Cl2N2O3S.ClH/c26-18-7-10-24-22(15-18)21(20-3-1-2-4-23(20)27)16-25(28-24)17-5-8-19(9-6-17)33(30,31)29-11-13-32-14-12-29;/h1-10,15-16H,11-14H2;1H. The normalized spacial score (nSPS) is 14.6. The third kappa shape index (κ3) is 4.80. The van der Waals surface area contributed by atoms with Crippen molar-refractivity contribution in [3.05, 3.63) is 82.8 Å². The lowest BCUT2D eigenvalue weighted by Crippen LogP contribution is -2.40. The zero-order chi connectivity index (χ0) is 23.0. The number of hydrogen-bond donors (Lipinski definition) is 0. The third-order valence-electron chi connectivity index (χ3n) is 5.69. The van der Waals surface area contributed by atoms with E-state index in [1.54, 1.807) is 30.3 Å². The quantitative estimate of drug-likeness (QED) is 0.307. The summed E-state index contributed by atoms with van der Waals surface area (Å²) in [4.78, 5) is 5.06. The summed E-state index contributed by atoms with van der Waals surface area (Å²) in [6.45, 7) is 1.54. The zero-order valence-electron chi connectivity index (χ0n) is 17.9. The van der Waals surface area contributed by atoms with E-state index < -0.39 is 10.0 Å². The molecule has 4 aromatic rings. The second kappa shape index (κ2) is 10.2. The Bertz CT molecular complexity index is 1440. The first-order chi connectivity index (χ1) is 15.9. The van der Waals surface area contributed by atoms with Gasteiger partial charge >= 0.3 is 0 Å². The molecule has 3 aromatic carbocycles. The number of pyridine rings is 1. The number of benzene rings is 3. The highest BCUT2D eigenvalue weighted by Crippen LogP contribution is 2.37. The number of hydrogen-bond acceptors (Lipinski definition) is 4. The maximum absolute atomic E-state index is 12.9. The van der Waals surface area contributed by atoms with Crippen LogP contribution in [0.4, 0.5) is 0 Å². The molecule has 0 aliphatic carbocycles. The van der Waals surface area contributed by atoms with Crippen LogP contribution in [0.25, 0.3) is 33.3 Å². The first-order valence-electron chi connectivity index (χ1n) is 10.5. The lowest BCUT2D eigenvalue weighted by atomic mass is 9.98. The molecule has 5 nitrogen and oxygen atoms in total. The molecule has 0 spiro atoms. The van der Waals surface area contributed by atoms with E-state index in [2.05, 4.69) is 0 Å². The van der Waals surface area contributed by atoms with Gasteiger partial charge in [-0.25, -0.2) is 13.4 Å². The number of nitrogens with zero attached hydrogens (tertiary/aromatic N) is 2. The molecule has 0 bridgehead atoms. The molecule has 0 atom stereocenters. The van der Waals surface area contributed by atoms with Gasteiger partial charge in [-0.1, -0.05) is 53.5 Å². The molecule has 0 N–H and O–H groups in total. The van der Waals surface area contributed by atoms with Crippen LogP contribution in [0.15, 0.2) is 77.7 Å². The maximum Gasteiger partial charge on any atom is 0.243 e. The van der Waals surface area contributed by atoms with Gasteiger partial charge in [0.2, 0.25) is 10.0 Å². The molecule has 1 aliphatic rings. The van der Waals surface area contributed by atoms with Crippen LogP contribution in [-0.4, -0.2) is 44.0 Å². The van der Waals surface area contributed by atoms with Crippen LogP contribution in [0.3, 0.4) is 0 Å². The number of sulfonamides is 1. The second-order valence-electron chi connectivity index (χ2n) is 7.74. The average Bonchev–Trinajstić information content (AvgIpc) is 2.84. The van der Waals surface area contributed by atoms with Gasteiger partial charge in [-0.15, -0.1) is 12.4 Å². The molecule has 1 fully saturated rings. The van der Waals surface area contributed by atoms with E-state index in [0.717, 1.165) is 33.3 Å². The number of ether oxygens (including phenoxy) is 1. The first-order valence-corrected chi connectivity index (χ1v) is 12.7. The molecular weight excluding hydrogens is 515 g/mol. The van der Waals surface area contributed by atoms with Crippen molar-refractivity contribution in [2.45, 2.75) is 4.90 Å². The molecule has 2 heterocycles. The molecule has 0 radical (unpaired) electrons. The summed E-state index contributed by atoms with van der Waals surface area (Å²) in [5.74, 6) is 0. The summed E-state index contributed by atoms with van der Waals surface area (Å²) in [5.41, 5.74) is 4.09. The van der Waals surface area contributed by atoms with Crippen LogP contribution in [0, 0.1) is 0 Å². The molecule has 9 heteroatoms. The van der Waals surface area contributed by atoms with Crippen molar-refractivity contribution in [2.24, 2.45) is 0 Å². The van der Waals surface area contributed by atoms with Gasteiger partial charge in [0.25, 0.3) is 0 Å². The summed E-state index contributed by atoms with van der Waals surface area (Å²) < 4.78 is 32.6. The Morgan fingerprint density at radius 2 is 1.56 bits per heavy atom. The van der Waals surface area contributed by atoms with E-state index in [4.69, 9.17) is 32.9 Å². The number of morpholine rings is 1. The molecule has 0 amide bonds. The fraction of sp³-hybridized carbons (Fsp3) is 0.160. The Balaban J connectivity index is 0.00000274. The fourth-order valence-electron chi connectivity index (χ4n) is 3.98. The van der Waals surface area contributed by atoms with E-state index in [0.29, 0.717) is 36.3 Å². The summed E-state index contributed by atoms with van der Waals surface area (Å²) in [6.07, 6.45) is 0. The minimum Gasteiger partial charge on any atom is -0.379 e. The highest BCUT2D eigenvalue weighted by Gasteiger charge is 2.26. The summed E-state index contributed by atoms with van der Waals surface area (Å²) in [5, 5.41) is 2.14. The molecule has 1 saturated heterocycles. The van der Waals surface area contributed by atoms with E-state index in [1.807, 2.05) is 42.5 Å². The first kappa shape index (κ1) is 24.9. The van der Waals surface area contributed by atoms with Gasteiger partial charge in [-0.05, 0) is 48.0 Å². The predicted octanol–water partition coefficient (Wildman–Crippen LogP) is 6.32. The van der Waals surface area contributed by atoms with Gasteiger partial charge in [-0.2, -0.15) is 4.31 Å². The highest BCUT2D eigenvalue weighted by atomic mass is 35.5. The monoisotopic (exact) mass is 534 g/mol. The molecule has 5 rings (SSSR count). The van der Waals surface area contributed by atoms with Crippen molar-refractivity contribution in [3.63, 3.8) is 0 Å². The molecule has 0 saturated carbocycles. The number of rotatable bonds is 4. The second-order valence-corrected chi connectivity index (χ2v) is 10.5. The Hall–Kier alpha value is -2.19. The van der Waals surface area contributed by atoms with Gasteiger partial charge in [-0.3, -0.25) is 0 Å². The summed E-state index contributed by atoms with van der Waals surface area (Å²) in [6, 6.07) is 22.0. The van der Waals surface area contributed by atoms with Gasteiger partial charge in [0.1, 0.15) is 0 Å². The van der Waals surface area contributed by atoms with Crippen LogP contribution >= 0.6 is 35.6 Å². The van der Waals surface area contributed by atoms with Crippen molar-refractivity contribution in [1.29, 1.82) is 0 Å². The van der Waals surface area contributed by atoms with Crippen LogP contribution in [0.5, 0.6) is 0 Å². The topological polar surface area (TPSA) is 59.5 Å². The molecule has 34 heavy (non-hydrogen) atoms. The van der Waals surface area contributed by atoms with Crippen LogP contribution in [0.1, 0.15) is 0 Å². The molecule has 0 unspecified atom stereocenters. The highest BCUT2D eigenvalue weighted by molar-refractivity contribution is 7.89. The van der Waals surface area contributed by atoms with Gasteiger partial charge in [0.15, 0.2) is 0 Å². The summed E-state index contributed by atoms with van der Waals surface area (Å²) in [7, 11) is -3.56. The maximum atomic E-state index is 12.9. The van der Waals surface area contributed by atoms with Crippen molar-refractivity contribution < 1.29 is 13.2 Å². The average molecular weight is 536 g/mol. The SMILES string of the molecule is Cl.O=S(=O)(c1ccc(-c2cc(-c3ccccc3Cl)c3cc(Cl)ccc3n2)cc1)N1CCOCC1. The number of fused-ring (bicyclic) bond motifs is 1. The number of aromatic nitrogens is 1. The van der Waals surface area contributed by atoms with Crippen LogP contribution in [-0.2, 0) is 14.8 Å². The van der Waals surface area contributed by atoms with Crippen LogP contribution < -0.4 is 0 Å². The molecule has 1 aliphatic heterocycles. The Morgan fingerprint density at radius 1 is 0.853 bits per heavy atom. The van der Waals surface area contributed by atoms with Gasteiger partial charge in [0.05, 0.1) is 29.3 Å². The van der Waals surface area contributed by atoms with Crippen molar-refractivity contribution in [1.82, 2.24) is 9.29 Å². The largest absolute Gasteiger partial charge is 0.379 e. The van der Waals surface area contributed by atoms with Gasteiger partial charge in [0, 0.05) is 39.6 Å². The molecule has 176 valence electrons. The number of halogens is 3. The van der Waals surface area contributed by atoms with Crippen molar-refractivity contribution in [2.75, 3.05) is 26.3 Å². The Morgan fingerprint density at radius 3 is 2.26 bits per heavy atom. The zero-order valence-corrected chi connectivity index (χ0v) is 21.1. The third-order valence-corrected chi connectivity index (χ3v) is 8.17. The minimum absolute atomic E-state index is 0. The lowest BCUT2D eigenvalue weighted by molar-refractivity contribution is 0.0730. The van der Waals surface area contributed by atoms with E-state index >= 15 is 0 Å². The Kier molecular flexibility index (Phi) is 7.48. The van der Waals surface area contributed by atoms with E-state index in [1.165, 1.54) is 4.31 Å². The van der Waals surface area contributed by atoms with Gasteiger partial charge < -0.3 is 4.74 Å². The van der Waals surface area contributed by atoms with Crippen molar-refractivity contribution >= 4 is 56.5 Å².